The number of carbonyl (C=O) groups is 3. The van der Waals surface area contributed by atoms with Crippen LogP contribution >= 0.6 is 11.6 Å². The lowest BCUT2D eigenvalue weighted by Gasteiger charge is -2.29. The Balaban J connectivity index is 1.67. The predicted octanol–water partition coefficient (Wildman–Crippen LogP) is 2.31. The van der Waals surface area contributed by atoms with Gasteiger partial charge in [0, 0.05) is 16.6 Å². The van der Waals surface area contributed by atoms with E-state index in [0.29, 0.717) is 16.5 Å². The summed E-state index contributed by atoms with van der Waals surface area (Å²) in [6, 6.07) is 6.44. The molecule has 1 aromatic rings. The summed E-state index contributed by atoms with van der Waals surface area (Å²) in [7, 11) is 0. The van der Waals surface area contributed by atoms with Gasteiger partial charge >= 0.3 is 5.97 Å². The lowest BCUT2D eigenvalue weighted by atomic mass is 9.86. The van der Waals surface area contributed by atoms with Crippen molar-refractivity contribution in [3.63, 3.8) is 0 Å². The highest BCUT2D eigenvalue weighted by atomic mass is 35.5. The third-order valence-electron chi connectivity index (χ3n) is 4.32. The van der Waals surface area contributed by atoms with Gasteiger partial charge in [-0.1, -0.05) is 31.4 Å². The van der Waals surface area contributed by atoms with Crippen molar-refractivity contribution < 1.29 is 19.1 Å². The van der Waals surface area contributed by atoms with Gasteiger partial charge in [-0.15, -0.1) is 0 Å². The number of nitrogens with one attached hydrogen (secondary N) is 2. The molecule has 1 aromatic carbocycles. The molecule has 25 heavy (non-hydrogen) atoms. The molecule has 0 spiro atoms. The average molecular weight is 367 g/mol. The molecule has 1 fully saturated rings. The summed E-state index contributed by atoms with van der Waals surface area (Å²) in [6.45, 7) is 1.48. The van der Waals surface area contributed by atoms with E-state index in [0.717, 1.165) is 19.3 Å². The van der Waals surface area contributed by atoms with Crippen LogP contribution in [-0.4, -0.2) is 37.0 Å². The van der Waals surface area contributed by atoms with Crippen molar-refractivity contribution in [2.45, 2.75) is 38.6 Å². The van der Waals surface area contributed by atoms with Gasteiger partial charge < -0.3 is 15.4 Å². The summed E-state index contributed by atoms with van der Waals surface area (Å²) in [5, 5.41) is 5.87. The largest absolute Gasteiger partial charge is 0.454 e. The van der Waals surface area contributed by atoms with Gasteiger partial charge in [0.2, 0.25) is 0 Å². The highest BCUT2D eigenvalue weighted by Gasteiger charge is 2.23. The fourth-order valence-electron chi connectivity index (χ4n) is 2.83. The Morgan fingerprint density at radius 2 is 1.84 bits per heavy atom. The van der Waals surface area contributed by atoms with E-state index in [1.165, 1.54) is 6.42 Å². The van der Waals surface area contributed by atoms with E-state index < -0.39 is 11.9 Å². The summed E-state index contributed by atoms with van der Waals surface area (Å²) >= 11 is 5.75. The summed E-state index contributed by atoms with van der Waals surface area (Å²) < 4.78 is 4.90. The smallest absolute Gasteiger partial charge is 0.325 e. The van der Waals surface area contributed by atoms with Crippen molar-refractivity contribution >= 4 is 29.4 Å². The van der Waals surface area contributed by atoms with Crippen LogP contribution in [0.2, 0.25) is 5.02 Å². The minimum atomic E-state index is -0.658. The standard InChI is InChI=1S/C18H23ClN2O4/c1-12-4-2-3-5-15(12)21-16(22)11-25-17(23)10-20-18(24)13-6-8-14(19)9-7-13/h6-9,12,15H,2-5,10-11H2,1H3,(H,20,24)(H,21,22)/t12-,15-/m1/s1. The molecule has 0 unspecified atom stereocenters. The van der Waals surface area contributed by atoms with Crippen LogP contribution in [0.4, 0.5) is 0 Å². The fourth-order valence-corrected chi connectivity index (χ4v) is 2.96. The second-order valence-corrected chi connectivity index (χ2v) is 6.72. The molecule has 7 heteroatoms. The predicted molar refractivity (Wildman–Crippen MR) is 94.3 cm³/mol. The van der Waals surface area contributed by atoms with E-state index >= 15 is 0 Å². The molecule has 0 aliphatic heterocycles. The van der Waals surface area contributed by atoms with Crippen LogP contribution in [0.15, 0.2) is 24.3 Å². The normalized spacial score (nSPS) is 19.8. The van der Waals surface area contributed by atoms with Gasteiger partial charge in [-0.25, -0.2) is 0 Å². The molecule has 0 bridgehead atoms. The number of hydrogen-bond acceptors (Lipinski definition) is 4. The highest BCUT2D eigenvalue weighted by molar-refractivity contribution is 6.30. The maximum atomic E-state index is 11.9. The number of carbonyl (C=O) groups excluding carboxylic acids is 3. The van der Waals surface area contributed by atoms with Crippen molar-refractivity contribution in [1.29, 1.82) is 0 Å². The Labute approximate surface area is 152 Å². The molecular weight excluding hydrogens is 344 g/mol. The SMILES string of the molecule is C[C@@H]1CCCC[C@H]1NC(=O)COC(=O)CNC(=O)c1ccc(Cl)cc1. The summed E-state index contributed by atoms with van der Waals surface area (Å²) in [4.78, 5) is 35.4. The van der Waals surface area contributed by atoms with E-state index in [9.17, 15) is 14.4 Å². The van der Waals surface area contributed by atoms with Gasteiger partial charge in [-0.2, -0.15) is 0 Å². The molecule has 1 aliphatic rings. The van der Waals surface area contributed by atoms with Crippen molar-refractivity contribution in [1.82, 2.24) is 10.6 Å². The third kappa shape index (κ3) is 6.38. The van der Waals surface area contributed by atoms with Crippen LogP contribution in [-0.2, 0) is 14.3 Å². The van der Waals surface area contributed by atoms with Gasteiger partial charge in [0.1, 0.15) is 6.54 Å². The molecule has 2 rings (SSSR count). The zero-order valence-corrected chi connectivity index (χ0v) is 15.0. The minimum Gasteiger partial charge on any atom is -0.454 e. The number of halogens is 1. The molecule has 0 aromatic heterocycles. The molecule has 0 heterocycles. The maximum Gasteiger partial charge on any atom is 0.325 e. The van der Waals surface area contributed by atoms with Gasteiger partial charge in [-0.05, 0) is 43.0 Å². The quantitative estimate of drug-likeness (QED) is 0.756. The van der Waals surface area contributed by atoms with Crippen LogP contribution in [0.1, 0.15) is 43.0 Å². The first-order valence-electron chi connectivity index (χ1n) is 8.44. The molecular formula is C18H23ClN2O4. The lowest BCUT2D eigenvalue weighted by molar-refractivity contribution is -0.147. The second-order valence-electron chi connectivity index (χ2n) is 6.29. The van der Waals surface area contributed by atoms with Crippen LogP contribution in [0, 0.1) is 5.92 Å². The first kappa shape index (κ1) is 19.2. The van der Waals surface area contributed by atoms with E-state index in [-0.39, 0.29) is 25.1 Å². The van der Waals surface area contributed by atoms with E-state index in [2.05, 4.69) is 17.6 Å². The van der Waals surface area contributed by atoms with Gasteiger partial charge in [-0.3, -0.25) is 14.4 Å². The van der Waals surface area contributed by atoms with Crippen molar-refractivity contribution in [2.75, 3.05) is 13.2 Å². The summed E-state index contributed by atoms with van der Waals surface area (Å²) in [5.41, 5.74) is 0.390. The van der Waals surface area contributed by atoms with E-state index in [4.69, 9.17) is 16.3 Å². The number of ether oxygens (including phenoxy) is 1. The third-order valence-corrected chi connectivity index (χ3v) is 4.57. The molecule has 1 aliphatic carbocycles. The Morgan fingerprint density at radius 1 is 1.16 bits per heavy atom. The molecule has 1 saturated carbocycles. The summed E-state index contributed by atoms with van der Waals surface area (Å²) in [6.07, 6.45) is 4.35. The fraction of sp³-hybridized carbons (Fsp3) is 0.500. The number of hydrogen-bond donors (Lipinski definition) is 2. The molecule has 0 saturated heterocycles. The first-order chi connectivity index (χ1) is 12.0. The molecule has 0 radical (unpaired) electrons. The Hall–Kier alpha value is -2.08. The molecule has 136 valence electrons. The number of benzene rings is 1. The molecule has 2 N–H and O–H groups in total. The average Bonchev–Trinajstić information content (AvgIpc) is 2.60. The molecule has 2 amide bonds. The van der Waals surface area contributed by atoms with Crippen molar-refractivity contribution in [3.8, 4) is 0 Å². The number of esters is 1. The zero-order chi connectivity index (χ0) is 18.2. The molecule has 6 nitrogen and oxygen atoms in total. The van der Waals surface area contributed by atoms with Crippen LogP contribution in [0.3, 0.4) is 0 Å². The van der Waals surface area contributed by atoms with Crippen LogP contribution < -0.4 is 10.6 Å². The summed E-state index contributed by atoms with van der Waals surface area (Å²) in [5.74, 6) is -0.938. The Kier molecular flexibility index (Phi) is 7.25. The number of amides is 2. The zero-order valence-electron chi connectivity index (χ0n) is 14.2. The van der Waals surface area contributed by atoms with Gasteiger partial charge in [0.25, 0.3) is 11.8 Å². The Bertz CT molecular complexity index is 618. The van der Waals surface area contributed by atoms with Gasteiger partial charge in [0.05, 0.1) is 0 Å². The highest BCUT2D eigenvalue weighted by Crippen LogP contribution is 2.23. The van der Waals surface area contributed by atoms with Crippen molar-refractivity contribution in [3.05, 3.63) is 34.9 Å². The van der Waals surface area contributed by atoms with E-state index in [1.807, 2.05) is 0 Å². The second kappa shape index (κ2) is 9.42. The van der Waals surface area contributed by atoms with Crippen molar-refractivity contribution in [2.24, 2.45) is 5.92 Å². The monoisotopic (exact) mass is 366 g/mol. The maximum absolute atomic E-state index is 11.9. The van der Waals surface area contributed by atoms with Crippen LogP contribution in [0.25, 0.3) is 0 Å². The number of rotatable bonds is 6. The van der Waals surface area contributed by atoms with Gasteiger partial charge in [0.15, 0.2) is 6.61 Å². The molecule has 2 atom stereocenters. The van der Waals surface area contributed by atoms with E-state index in [1.54, 1.807) is 24.3 Å². The van der Waals surface area contributed by atoms with Crippen LogP contribution in [0.5, 0.6) is 0 Å². The Morgan fingerprint density at radius 3 is 2.52 bits per heavy atom. The topological polar surface area (TPSA) is 84.5 Å². The lowest BCUT2D eigenvalue weighted by Crippen LogP contribution is -2.43. The first-order valence-corrected chi connectivity index (χ1v) is 8.82. The minimum absolute atomic E-state index is 0.143.